The molecule has 4 aromatic rings. The minimum atomic E-state index is 0.249. The zero-order valence-electron chi connectivity index (χ0n) is 17.1. The number of hydrazone groups is 2. The van der Waals surface area contributed by atoms with Gasteiger partial charge in [0.05, 0.1) is 11.4 Å². The van der Waals surface area contributed by atoms with Gasteiger partial charge in [0, 0.05) is 23.5 Å². The van der Waals surface area contributed by atoms with Gasteiger partial charge in [-0.3, -0.25) is 20.8 Å². The molecule has 4 rings (SSSR count). The maximum absolute atomic E-state index is 5.41. The van der Waals surface area contributed by atoms with Gasteiger partial charge in [0.15, 0.2) is 0 Å². The molecule has 0 saturated heterocycles. The summed E-state index contributed by atoms with van der Waals surface area (Å²) in [5.41, 5.74) is 10.4. The number of rotatable bonds is 6. The summed E-state index contributed by atoms with van der Waals surface area (Å²) in [6.45, 7) is 0. The lowest BCUT2D eigenvalue weighted by Gasteiger charge is -2.10. The largest absolute Gasteiger partial charge is 0.255 e. The summed E-state index contributed by atoms with van der Waals surface area (Å²) in [5, 5.41) is 9.26. The van der Waals surface area contributed by atoms with Crippen molar-refractivity contribution in [2.24, 2.45) is 10.2 Å². The average Bonchev–Trinajstić information content (AvgIpc) is 2.87. The van der Waals surface area contributed by atoms with Crippen molar-refractivity contribution in [2.75, 3.05) is 0 Å². The van der Waals surface area contributed by atoms with E-state index in [4.69, 9.17) is 12.2 Å². The van der Waals surface area contributed by atoms with E-state index in [1.807, 2.05) is 97.1 Å². The number of aromatic nitrogens is 2. The number of benzene rings is 2. The second-order valence-corrected chi connectivity index (χ2v) is 7.04. The monoisotopic (exact) mass is 436 g/mol. The Bertz CT molecular complexity index is 1030. The minimum Gasteiger partial charge on any atom is -0.255 e. The summed E-state index contributed by atoms with van der Waals surface area (Å²) in [6, 6.07) is 31.0. The molecule has 0 unspecified atom stereocenters. The van der Waals surface area contributed by atoms with Crippen molar-refractivity contribution < 1.29 is 0 Å². The third-order valence-corrected chi connectivity index (χ3v) is 4.63. The quantitative estimate of drug-likeness (QED) is 0.270. The van der Waals surface area contributed by atoms with Gasteiger partial charge in [0.1, 0.15) is 11.4 Å². The number of nitrogens with one attached hydrogen (secondary N) is 2. The molecule has 0 radical (unpaired) electrons. The molecule has 0 fully saturated rings. The zero-order valence-corrected chi connectivity index (χ0v) is 17.9. The van der Waals surface area contributed by atoms with E-state index in [-0.39, 0.29) is 5.11 Å². The maximum Gasteiger partial charge on any atom is 0.207 e. The van der Waals surface area contributed by atoms with E-state index in [9.17, 15) is 0 Å². The first-order chi connectivity index (χ1) is 15.8. The minimum absolute atomic E-state index is 0.249. The summed E-state index contributed by atoms with van der Waals surface area (Å²) in [5.74, 6) is 0. The number of thiocarbonyl (C=S) groups is 1. The van der Waals surface area contributed by atoms with Gasteiger partial charge in [-0.1, -0.05) is 72.8 Å². The molecule has 7 heteroatoms. The van der Waals surface area contributed by atoms with Crippen LogP contribution >= 0.6 is 12.2 Å². The van der Waals surface area contributed by atoms with Gasteiger partial charge in [0.2, 0.25) is 5.11 Å². The molecular formula is C25H20N6S. The van der Waals surface area contributed by atoms with Crippen LogP contribution in [0.2, 0.25) is 0 Å². The van der Waals surface area contributed by atoms with Crippen molar-refractivity contribution in [3.05, 3.63) is 132 Å². The third kappa shape index (κ3) is 5.47. The van der Waals surface area contributed by atoms with Crippen LogP contribution in [0.25, 0.3) is 0 Å². The summed E-state index contributed by atoms with van der Waals surface area (Å²) >= 11 is 5.41. The first kappa shape index (κ1) is 21.0. The second kappa shape index (κ2) is 10.7. The lowest BCUT2D eigenvalue weighted by atomic mass is 10.1. The number of hydrogen-bond donors (Lipinski definition) is 2. The molecule has 2 aromatic heterocycles. The molecular weight excluding hydrogens is 416 g/mol. The SMILES string of the molecule is S=C(NN=C(c1ccccc1)c1ccccn1)NN=C(c1ccccc1)c1ccccn1. The predicted molar refractivity (Wildman–Crippen MR) is 132 cm³/mol. The molecule has 0 aliphatic heterocycles. The Balaban J connectivity index is 1.57. The van der Waals surface area contributed by atoms with E-state index in [0.717, 1.165) is 22.5 Å². The molecule has 0 amide bonds. The van der Waals surface area contributed by atoms with Crippen molar-refractivity contribution in [3.63, 3.8) is 0 Å². The Hall–Kier alpha value is -4.23. The zero-order chi connectivity index (χ0) is 22.0. The Morgan fingerprint density at radius 3 is 1.34 bits per heavy atom. The van der Waals surface area contributed by atoms with Crippen LogP contribution < -0.4 is 10.9 Å². The van der Waals surface area contributed by atoms with Gasteiger partial charge in [-0.05, 0) is 36.5 Å². The van der Waals surface area contributed by atoms with Crippen molar-refractivity contribution >= 4 is 28.8 Å². The Labute approximate surface area is 191 Å². The van der Waals surface area contributed by atoms with Crippen LogP contribution in [0.1, 0.15) is 22.5 Å². The fraction of sp³-hybridized carbons (Fsp3) is 0. The molecule has 0 aliphatic rings. The molecule has 2 N–H and O–H groups in total. The number of hydrogen-bond acceptors (Lipinski definition) is 5. The maximum atomic E-state index is 5.41. The van der Waals surface area contributed by atoms with Crippen LogP contribution in [0.5, 0.6) is 0 Å². The van der Waals surface area contributed by atoms with Crippen LogP contribution in [0, 0.1) is 0 Å². The van der Waals surface area contributed by atoms with E-state index in [0.29, 0.717) is 11.4 Å². The molecule has 0 aliphatic carbocycles. The molecule has 0 bridgehead atoms. The van der Waals surface area contributed by atoms with Crippen LogP contribution in [-0.4, -0.2) is 26.5 Å². The first-order valence-electron chi connectivity index (χ1n) is 9.96. The number of pyridine rings is 2. The van der Waals surface area contributed by atoms with E-state index in [1.165, 1.54) is 0 Å². The molecule has 0 atom stereocenters. The molecule has 0 saturated carbocycles. The highest BCUT2D eigenvalue weighted by Crippen LogP contribution is 2.09. The standard InChI is InChI=1S/C25H20N6S/c32-25(30-28-23(19-11-3-1-4-12-19)21-15-7-9-17-26-21)31-29-24(20-13-5-2-6-14-20)22-16-8-10-18-27-22/h1-18H,(H2,30,31,32). The highest BCUT2D eigenvalue weighted by atomic mass is 32.1. The predicted octanol–water partition coefficient (Wildman–Crippen LogP) is 4.15. The summed E-state index contributed by atoms with van der Waals surface area (Å²) in [7, 11) is 0. The van der Waals surface area contributed by atoms with Crippen LogP contribution in [0.4, 0.5) is 0 Å². The smallest absolute Gasteiger partial charge is 0.207 e. The molecule has 2 heterocycles. The average molecular weight is 437 g/mol. The van der Waals surface area contributed by atoms with Crippen molar-refractivity contribution in [1.29, 1.82) is 0 Å². The fourth-order valence-corrected chi connectivity index (χ4v) is 3.07. The Morgan fingerprint density at radius 1 is 0.562 bits per heavy atom. The van der Waals surface area contributed by atoms with Gasteiger partial charge < -0.3 is 0 Å². The van der Waals surface area contributed by atoms with E-state index >= 15 is 0 Å². The van der Waals surface area contributed by atoms with Gasteiger partial charge in [-0.15, -0.1) is 0 Å². The summed E-state index contributed by atoms with van der Waals surface area (Å²) < 4.78 is 0. The van der Waals surface area contributed by atoms with E-state index in [2.05, 4.69) is 31.0 Å². The third-order valence-electron chi connectivity index (χ3n) is 4.45. The van der Waals surface area contributed by atoms with Gasteiger partial charge >= 0.3 is 0 Å². The van der Waals surface area contributed by atoms with Gasteiger partial charge in [-0.2, -0.15) is 10.2 Å². The van der Waals surface area contributed by atoms with Gasteiger partial charge in [-0.25, -0.2) is 0 Å². The molecule has 6 nitrogen and oxygen atoms in total. The highest BCUT2D eigenvalue weighted by molar-refractivity contribution is 7.80. The molecule has 156 valence electrons. The molecule has 2 aromatic carbocycles. The molecule has 0 spiro atoms. The second-order valence-electron chi connectivity index (χ2n) is 6.64. The summed E-state index contributed by atoms with van der Waals surface area (Å²) in [4.78, 5) is 8.83. The summed E-state index contributed by atoms with van der Waals surface area (Å²) in [6.07, 6.45) is 3.46. The topological polar surface area (TPSA) is 74.6 Å². The fourth-order valence-electron chi connectivity index (χ4n) is 2.98. The van der Waals surface area contributed by atoms with Crippen molar-refractivity contribution in [1.82, 2.24) is 20.8 Å². The van der Waals surface area contributed by atoms with E-state index < -0.39 is 0 Å². The first-order valence-corrected chi connectivity index (χ1v) is 10.4. The Morgan fingerprint density at radius 2 is 0.969 bits per heavy atom. The van der Waals surface area contributed by atoms with Gasteiger partial charge in [0.25, 0.3) is 0 Å². The van der Waals surface area contributed by atoms with Crippen molar-refractivity contribution in [3.8, 4) is 0 Å². The number of nitrogens with zero attached hydrogens (tertiary/aromatic N) is 4. The van der Waals surface area contributed by atoms with Crippen LogP contribution in [-0.2, 0) is 0 Å². The lowest BCUT2D eigenvalue weighted by Crippen LogP contribution is -2.30. The normalized spacial score (nSPS) is 11.6. The lowest BCUT2D eigenvalue weighted by molar-refractivity contribution is 0.925. The van der Waals surface area contributed by atoms with Crippen molar-refractivity contribution in [2.45, 2.75) is 0 Å². The van der Waals surface area contributed by atoms with E-state index in [1.54, 1.807) is 12.4 Å². The Kier molecular flexibility index (Phi) is 7.03. The highest BCUT2D eigenvalue weighted by Gasteiger charge is 2.10. The van der Waals surface area contributed by atoms with Crippen LogP contribution in [0.15, 0.2) is 120 Å². The molecule has 32 heavy (non-hydrogen) atoms. The van der Waals surface area contributed by atoms with Crippen LogP contribution in [0.3, 0.4) is 0 Å².